The van der Waals surface area contributed by atoms with Crippen molar-refractivity contribution in [3.63, 3.8) is 0 Å². The van der Waals surface area contributed by atoms with Gasteiger partial charge in [0.1, 0.15) is 5.75 Å². The molecule has 10 heteroatoms. The number of carbonyl (C=O) groups excluding carboxylic acids is 1. The maximum absolute atomic E-state index is 14.3. The predicted molar refractivity (Wildman–Crippen MR) is 97.7 cm³/mol. The molecular weight excluding hydrogens is 427 g/mol. The summed E-state index contributed by atoms with van der Waals surface area (Å²) in [6.07, 6.45) is -7.98. The minimum absolute atomic E-state index is 0.0964. The van der Waals surface area contributed by atoms with Crippen molar-refractivity contribution in [2.24, 2.45) is 5.92 Å². The predicted octanol–water partition coefficient (Wildman–Crippen LogP) is 5.59. The van der Waals surface area contributed by atoms with Gasteiger partial charge >= 0.3 is 12.3 Å². The highest BCUT2D eigenvalue weighted by Gasteiger charge is 2.65. The van der Waals surface area contributed by atoms with Crippen molar-refractivity contribution in [1.29, 1.82) is 0 Å². The Balaban J connectivity index is 1.99. The number of para-hydroxylation sites is 1. The highest BCUT2D eigenvalue weighted by atomic mass is 19.4. The van der Waals surface area contributed by atoms with Crippen molar-refractivity contribution in [3.8, 4) is 11.5 Å². The average Bonchev–Trinajstić information content (AvgIpc) is 2.95. The number of alkyl halides is 3. The van der Waals surface area contributed by atoms with Crippen LogP contribution in [0.5, 0.6) is 11.5 Å². The van der Waals surface area contributed by atoms with Gasteiger partial charge in [0.25, 0.3) is 0 Å². The van der Waals surface area contributed by atoms with Crippen molar-refractivity contribution < 1.29 is 45.7 Å². The number of benzene rings is 2. The van der Waals surface area contributed by atoms with Crippen LogP contribution in [-0.4, -0.2) is 31.3 Å². The summed E-state index contributed by atoms with van der Waals surface area (Å²) < 4.78 is 89.4. The molecule has 4 atom stereocenters. The minimum Gasteiger partial charge on any atom is -0.493 e. The van der Waals surface area contributed by atoms with Gasteiger partial charge in [-0.1, -0.05) is 31.2 Å². The van der Waals surface area contributed by atoms with Crippen LogP contribution in [0.2, 0.25) is 0 Å². The van der Waals surface area contributed by atoms with Crippen LogP contribution in [0.15, 0.2) is 42.5 Å². The Bertz CT molecular complexity index is 949. The van der Waals surface area contributed by atoms with Crippen LogP contribution in [0.25, 0.3) is 0 Å². The number of hydrogen-bond acceptors (Lipinski definition) is 5. The molecule has 3 rings (SSSR count). The first kappa shape index (κ1) is 22.8. The highest BCUT2D eigenvalue weighted by Crippen LogP contribution is 2.55. The van der Waals surface area contributed by atoms with Crippen molar-refractivity contribution in [3.05, 3.63) is 59.7 Å². The van der Waals surface area contributed by atoms with Gasteiger partial charge in [-0.25, -0.2) is 9.18 Å². The third-order valence-electron chi connectivity index (χ3n) is 5.43. The topological polar surface area (TPSA) is 54.0 Å². The Morgan fingerprint density at radius 2 is 1.74 bits per heavy atom. The van der Waals surface area contributed by atoms with Crippen LogP contribution in [0.4, 0.5) is 26.7 Å². The van der Waals surface area contributed by atoms with E-state index >= 15 is 0 Å². The highest BCUT2D eigenvalue weighted by molar-refractivity contribution is 5.64. The van der Waals surface area contributed by atoms with Gasteiger partial charge in [0.05, 0.1) is 13.0 Å². The van der Waals surface area contributed by atoms with E-state index in [2.05, 4.69) is 0 Å². The fraction of sp³-hybridized carbons (Fsp3) is 0.381. The summed E-state index contributed by atoms with van der Waals surface area (Å²) in [7, 11) is 1.05. The summed E-state index contributed by atoms with van der Waals surface area (Å²) >= 11 is 0. The van der Waals surface area contributed by atoms with Gasteiger partial charge < -0.3 is 18.9 Å². The number of carbonyl (C=O) groups is 1. The molecule has 0 spiro atoms. The molecular formula is C21H19F5O5. The lowest BCUT2D eigenvalue weighted by atomic mass is 9.79. The number of ether oxygens (including phenoxy) is 4. The molecule has 1 fully saturated rings. The van der Waals surface area contributed by atoms with Crippen LogP contribution >= 0.6 is 0 Å². The van der Waals surface area contributed by atoms with E-state index < -0.39 is 53.4 Å². The van der Waals surface area contributed by atoms with E-state index in [1.54, 1.807) is 18.2 Å². The lowest BCUT2D eigenvalue weighted by Crippen LogP contribution is -2.47. The molecule has 0 saturated carbocycles. The molecule has 0 aliphatic carbocycles. The Labute approximate surface area is 174 Å². The summed E-state index contributed by atoms with van der Waals surface area (Å²) in [5.74, 6) is -5.82. The molecule has 0 N–H and O–H groups in total. The Morgan fingerprint density at radius 3 is 2.32 bits per heavy atom. The summed E-state index contributed by atoms with van der Waals surface area (Å²) in [4.78, 5) is 12.2. The molecule has 0 aromatic heterocycles. The zero-order chi connectivity index (χ0) is 23.0. The number of methoxy groups -OCH3 is 1. The van der Waals surface area contributed by atoms with Gasteiger partial charge in [0, 0.05) is 11.5 Å². The zero-order valence-corrected chi connectivity index (χ0v) is 16.7. The number of hydrogen-bond donors (Lipinski definition) is 0. The molecule has 2 aromatic rings. The second kappa shape index (κ2) is 8.33. The van der Waals surface area contributed by atoms with Crippen LogP contribution < -0.4 is 9.47 Å². The maximum atomic E-state index is 14.3. The summed E-state index contributed by atoms with van der Waals surface area (Å²) in [6.45, 7) is 2.01. The Kier molecular flexibility index (Phi) is 6.13. The molecule has 31 heavy (non-hydrogen) atoms. The van der Waals surface area contributed by atoms with Gasteiger partial charge in [0.2, 0.25) is 12.1 Å². The average molecular weight is 446 g/mol. The van der Waals surface area contributed by atoms with Gasteiger partial charge in [-0.3, -0.25) is 0 Å². The third-order valence-corrected chi connectivity index (χ3v) is 5.43. The van der Waals surface area contributed by atoms with E-state index in [4.69, 9.17) is 18.9 Å². The molecule has 0 radical (unpaired) electrons. The van der Waals surface area contributed by atoms with E-state index in [1.165, 1.54) is 19.1 Å². The van der Waals surface area contributed by atoms with Crippen LogP contribution in [-0.2, 0) is 9.47 Å². The third kappa shape index (κ3) is 4.16. The van der Waals surface area contributed by atoms with Crippen molar-refractivity contribution in [1.82, 2.24) is 0 Å². The molecule has 1 aliphatic rings. The quantitative estimate of drug-likeness (QED) is 0.348. The molecule has 5 nitrogen and oxygen atoms in total. The van der Waals surface area contributed by atoms with Crippen LogP contribution in [0.1, 0.15) is 25.3 Å². The van der Waals surface area contributed by atoms with Crippen LogP contribution in [0, 0.1) is 17.6 Å². The molecule has 0 amide bonds. The SMILES string of the molecule is COc1c([C@H]2[C@H](OC(=O)Oc3ccccc3)O[C@@](C)(C(F)(F)F)[C@H]2C)ccc(F)c1F. The Morgan fingerprint density at radius 1 is 1.10 bits per heavy atom. The summed E-state index contributed by atoms with van der Waals surface area (Å²) in [5, 5.41) is 0. The molecule has 0 bridgehead atoms. The van der Waals surface area contributed by atoms with E-state index in [-0.39, 0.29) is 11.3 Å². The first-order valence-electron chi connectivity index (χ1n) is 9.19. The van der Waals surface area contributed by atoms with Gasteiger partial charge in [-0.15, -0.1) is 0 Å². The largest absolute Gasteiger partial charge is 0.516 e. The van der Waals surface area contributed by atoms with Crippen molar-refractivity contribution in [2.45, 2.75) is 37.8 Å². The second-order valence-electron chi connectivity index (χ2n) is 7.17. The number of halogens is 5. The van der Waals surface area contributed by atoms with Crippen LogP contribution in [0.3, 0.4) is 0 Å². The van der Waals surface area contributed by atoms with E-state index in [0.29, 0.717) is 0 Å². The monoisotopic (exact) mass is 446 g/mol. The maximum Gasteiger partial charge on any atom is 0.516 e. The standard InChI is InChI=1S/C21H19F5O5/c1-11-15(13-9-10-14(22)16(23)17(13)28-3)18(31-20(11,2)21(24,25)26)30-19(27)29-12-7-5-4-6-8-12/h4-11,15,18H,1-3H3/t11-,15-,18+,20+/m0/s1. The van der Waals surface area contributed by atoms with Gasteiger partial charge in [-0.05, 0) is 25.1 Å². The van der Waals surface area contributed by atoms with E-state index in [0.717, 1.165) is 26.2 Å². The molecule has 1 heterocycles. The smallest absolute Gasteiger partial charge is 0.493 e. The lowest BCUT2D eigenvalue weighted by molar-refractivity contribution is -0.291. The second-order valence-corrected chi connectivity index (χ2v) is 7.17. The van der Waals surface area contributed by atoms with E-state index in [1.807, 2.05) is 0 Å². The zero-order valence-electron chi connectivity index (χ0n) is 16.7. The fourth-order valence-electron chi connectivity index (χ4n) is 3.56. The van der Waals surface area contributed by atoms with Gasteiger partial charge in [-0.2, -0.15) is 17.6 Å². The van der Waals surface area contributed by atoms with Crippen molar-refractivity contribution >= 4 is 6.16 Å². The summed E-state index contributed by atoms with van der Waals surface area (Å²) in [6, 6.07) is 9.52. The normalized spacial score (nSPS) is 25.9. The van der Waals surface area contributed by atoms with Crippen molar-refractivity contribution in [2.75, 3.05) is 7.11 Å². The lowest BCUT2D eigenvalue weighted by Gasteiger charge is -2.31. The molecule has 2 aromatic carbocycles. The first-order valence-corrected chi connectivity index (χ1v) is 9.19. The molecule has 168 valence electrons. The first-order chi connectivity index (χ1) is 14.5. The van der Waals surface area contributed by atoms with Gasteiger partial charge in [0.15, 0.2) is 17.2 Å². The van der Waals surface area contributed by atoms with E-state index in [9.17, 15) is 26.7 Å². The minimum atomic E-state index is -4.85. The molecule has 1 aliphatic heterocycles. The summed E-state index contributed by atoms with van der Waals surface area (Å²) in [5.41, 5.74) is -2.88. The number of rotatable bonds is 4. The molecule has 1 saturated heterocycles. The fourth-order valence-corrected chi connectivity index (χ4v) is 3.56. The molecule has 0 unspecified atom stereocenters. The Hall–Kier alpha value is -2.88.